The van der Waals surface area contributed by atoms with Crippen LogP contribution in [-0.4, -0.2) is 41.9 Å². The monoisotopic (exact) mass is 260 g/mol. The van der Waals surface area contributed by atoms with E-state index in [2.05, 4.69) is 10.6 Å². The number of urea groups is 1. The summed E-state index contributed by atoms with van der Waals surface area (Å²) in [6.45, 7) is 4.99. The molecule has 0 aliphatic carbocycles. The van der Waals surface area contributed by atoms with Crippen LogP contribution >= 0.6 is 0 Å². The number of carbonyl (C=O) groups excluding carboxylic acids is 1. The Kier molecular flexibility index (Phi) is 8.11. The van der Waals surface area contributed by atoms with Gasteiger partial charge in [0.05, 0.1) is 0 Å². The number of rotatable bonds is 9. The van der Waals surface area contributed by atoms with Crippen molar-refractivity contribution in [1.29, 1.82) is 0 Å². The van der Waals surface area contributed by atoms with Crippen molar-refractivity contribution in [2.75, 3.05) is 19.7 Å². The molecule has 0 rings (SSSR count). The highest BCUT2D eigenvalue weighted by Gasteiger charge is 2.15. The highest BCUT2D eigenvalue weighted by atomic mass is 16.4. The smallest absolute Gasteiger partial charge is 0.314 e. The molecule has 106 valence electrons. The minimum atomic E-state index is -0.858. The Morgan fingerprint density at radius 2 is 1.67 bits per heavy atom. The molecule has 0 saturated heterocycles. The lowest BCUT2D eigenvalue weighted by Gasteiger charge is -2.21. The van der Waals surface area contributed by atoms with Gasteiger partial charge in [-0.1, -0.05) is 13.8 Å². The van der Waals surface area contributed by atoms with Crippen LogP contribution < -0.4 is 10.6 Å². The number of aliphatic hydroxyl groups excluding tert-OH is 1. The Balaban J connectivity index is 3.45. The lowest BCUT2D eigenvalue weighted by molar-refractivity contribution is -0.137. The van der Waals surface area contributed by atoms with Crippen LogP contribution in [0.4, 0.5) is 4.79 Å². The van der Waals surface area contributed by atoms with Gasteiger partial charge in [-0.15, -0.1) is 0 Å². The summed E-state index contributed by atoms with van der Waals surface area (Å²) in [6, 6.07) is -0.276. The fraction of sp³-hybridized carbons (Fsp3) is 0.833. The fourth-order valence-electron chi connectivity index (χ4n) is 1.35. The molecule has 0 fully saturated rings. The Morgan fingerprint density at radius 1 is 1.11 bits per heavy atom. The van der Waals surface area contributed by atoms with Crippen molar-refractivity contribution >= 4 is 12.0 Å². The Hall–Kier alpha value is -1.30. The van der Waals surface area contributed by atoms with Gasteiger partial charge in [0.25, 0.3) is 0 Å². The molecule has 0 aromatic carbocycles. The minimum Gasteiger partial charge on any atom is -0.481 e. The molecule has 0 aliphatic heterocycles. The molecule has 0 aliphatic rings. The zero-order valence-electron chi connectivity index (χ0n) is 11.2. The first-order valence-electron chi connectivity index (χ1n) is 6.22. The van der Waals surface area contributed by atoms with Gasteiger partial charge in [0.1, 0.15) is 0 Å². The summed E-state index contributed by atoms with van der Waals surface area (Å²) in [5.41, 5.74) is -0.111. The third-order valence-corrected chi connectivity index (χ3v) is 2.60. The molecule has 0 saturated carbocycles. The van der Waals surface area contributed by atoms with Gasteiger partial charge in [0, 0.05) is 26.1 Å². The molecule has 0 unspecified atom stereocenters. The number of amides is 2. The molecule has 0 aromatic heterocycles. The molecule has 0 atom stereocenters. The standard InChI is InChI=1S/C12H24N2O4/c1-12(2,9-15)6-4-8-14-11(18)13-7-3-5-10(16)17/h15H,3-9H2,1-2H3,(H,16,17)(H2,13,14,18). The van der Waals surface area contributed by atoms with Crippen LogP contribution in [0.1, 0.15) is 39.5 Å². The van der Waals surface area contributed by atoms with E-state index in [1.165, 1.54) is 0 Å². The van der Waals surface area contributed by atoms with E-state index in [-0.39, 0.29) is 24.5 Å². The third-order valence-electron chi connectivity index (χ3n) is 2.60. The second kappa shape index (κ2) is 8.74. The zero-order valence-corrected chi connectivity index (χ0v) is 11.2. The number of hydrogen-bond donors (Lipinski definition) is 4. The van der Waals surface area contributed by atoms with Crippen LogP contribution in [-0.2, 0) is 4.79 Å². The van der Waals surface area contributed by atoms with Crippen molar-refractivity contribution < 1.29 is 19.8 Å². The molecule has 6 nitrogen and oxygen atoms in total. The molecular formula is C12H24N2O4. The summed E-state index contributed by atoms with van der Waals surface area (Å²) >= 11 is 0. The quantitative estimate of drug-likeness (QED) is 0.464. The number of nitrogens with one attached hydrogen (secondary N) is 2. The summed E-state index contributed by atoms with van der Waals surface area (Å²) in [7, 11) is 0. The number of aliphatic carboxylic acids is 1. The SMILES string of the molecule is CC(C)(CO)CCCNC(=O)NCCCC(=O)O. The van der Waals surface area contributed by atoms with E-state index in [0.29, 0.717) is 19.5 Å². The van der Waals surface area contributed by atoms with Crippen LogP contribution in [0.2, 0.25) is 0 Å². The largest absolute Gasteiger partial charge is 0.481 e. The van der Waals surface area contributed by atoms with Crippen molar-refractivity contribution in [3.05, 3.63) is 0 Å². The van der Waals surface area contributed by atoms with E-state index in [1.807, 2.05) is 13.8 Å². The van der Waals surface area contributed by atoms with E-state index < -0.39 is 5.97 Å². The maximum absolute atomic E-state index is 11.3. The fourth-order valence-corrected chi connectivity index (χ4v) is 1.35. The predicted molar refractivity (Wildman–Crippen MR) is 68.4 cm³/mol. The highest BCUT2D eigenvalue weighted by Crippen LogP contribution is 2.20. The van der Waals surface area contributed by atoms with Crippen LogP contribution in [0.25, 0.3) is 0 Å². The Bertz CT molecular complexity index is 267. The number of carbonyl (C=O) groups is 2. The molecule has 0 bridgehead atoms. The Morgan fingerprint density at radius 3 is 2.17 bits per heavy atom. The molecule has 0 radical (unpaired) electrons. The minimum absolute atomic E-state index is 0.0605. The van der Waals surface area contributed by atoms with Gasteiger partial charge in [-0.25, -0.2) is 4.79 Å². The summed E-state index contributed by atoms with van der Waals surface area (Å²) in [4.78, 5) is 21.5. The van der Waals surface area contributed by atoms with Gasteiger partial charge >= 0.3 is 12.0 Å². The third kappa shape index (κ3) is 9.89. The first-order valence-corrected chi connectivity index (χ1v) is 6.22. The first-order chi connectivity index (χ1) is 8.37. The van der Waals surface area contributed by atoms with Gasteiger partial charge in [0.15, 0.2) is 0 Å². The molecule has 0 heterocycles. The van der Waals surface area contributed by atoms with Gasteiger partial charge in [0.2, 0.25) is 0 Å². The number of carboxylic acid groups (broad SMARTS) is 1. The second-order valence-electron chi connectivity index (χ2n) is 5.11. The van der Waals surface area contributed by atoms with Crippen LogP contribution in [0.3, 0.4) is 0 Å². The number of carboxylic acids is 1. The molecule has 18 heavy (non-hydrogen) atoms. The normalized spacial score (nSPS) is 11.1. The number of aliphatic hydroxyl groups is 1. The maximum Gasteiger partial charge on any atom is 0.314 e. The van der Waals surface area contributed by atoms with Gasteiger partial charge < -0.3 is 20.8 Å². The van der Waals surface area contributed by atoms with Gasteiger partial charge in [-0.3, -0.25) is 4.79 Å². The average Bonchev–Trinajstić information content (AvgIpc) is 2.30. The van der Waals surface area contributed by atoms with E-state index in [4.69, 9.17) is 10.2 Å². The molecule has 0 spiro atoms. The van der Waals surface area contributed by atoms with Crippen molar-refractivity contribution in [3.63, 3.8) is 0 Å². The van der Waals surface area contributed by atoms with E-state index in [1.54, 1.807) is 0 Å². The van der Waals surface area contributed by atoms with E-state index in [9.17, 15) is 9.59 Å². The summed E-state index contributed by atoms with van der Waals surface area (Å²) in [6.07, 6.45) is 2.13. The molecule has 2 amide bonds. The molecule has 6 heteroatoms. The predicted octanol–water partition coefficient (Wildman–Crippen LogP) is 0.949. The summed E-state index contributed by atoms with van der Waals surface area (Å²) in [5.74, 6) is -0.858. The van der Waals surface area contributed by atoms with Crippen LogP contribution in [0.5, 0.6) is 0 Å². The maximum atomic E-state index is 11.3. The van der Waals surface area contributed by atoms with E-state index in [0.717, 1.165) is 12.8 Å². The number of hydrogen-bond acceptors (Lipinski definition) is 3. The molecular weight excluding hydrogens is 236 g/mol. The summed E-state index contributed by atoms with van der Waals surface area (Å²) < 4.78 is 0. The van der Waals surface area contributed by atoms with Gasteiger partial charge in [-0.05, 0) is 24.7 Å². The second-order valence-corrected chi connectivity index (χ2v) is 5.11. The summed E-state index contributed by atoms with van der Waals surface area (Å²) in [5, 5.41) is 22.7. The molecule has 4 N–H and O–H groups in total. The lowest BCUT2D eigenvalue weighted by atomic mass is 9.89. The topological polar surface area (TPSA) is 98.7 Å². The van der Waals surface area contributed by atoms with Crippen molar-refractivity contribution in [3.8, 4) is 0 Å². The molecule has 0 aromatic rings. The van der Waals surface area contributed by atoms with Gasteiger partial charge in [-0.2, -0.15) is 0 Å². The first kappa shape index (κ1) is 16.7. The van der Waals surface area contributed by atoms with Crippen molar-refractivity contribution in [1.82, 2.24) is 10.6 Å². The Labute approximate surface area is 108 Å². The van der Waals surface area contributed by atoms with Crippen LogP contribution in [0.15, 0.2) is 0 Å². The van der Waals surface area contributed by atoms with Crippen LogP contribution in [0, 0.1) is 5.41 Å². The zero-order chi connectivity index (χ0) is 14.0. The lowest BCUT2D eigenvalue weighted by Crippen LogP contribution is -2.37. The van der Waals surface area contributed by atoms with Crippen molar-refractivity contribution in [2.45, 2.75) is 39.5 Å². The average molecular weight is 260 g/mol. The van der Waals surface area contributed by atoms with Crippen molar-refractivity contribution in [2.24, 2.45) is 5.41 Å². The van der Waals surface area contributed by atoms with E-state index >= 15 is 0 Å². The highest BCUT2D eigenvalue weighted by molar-refractivity contribution is 5.73.